The van der Waals surface area contributed by atoms with E-state index >= 15 is 0 Å². The predicted molar refractivity (Wildman–Crippen MR) is 164 cm³/mol. The molecule has 1 atom stereocenters. The molecule has 0 amide bonds. The van der Waals surface area contributed by atoms with Gasteiger partial charge in [-0.05, 0) is 68.8 Å². The zero-order chi connectivity index (χ0) is 25.8. The average molecular weight is 533 g/mol. The first-order valence-electron chi connectivity index (χ1n) is 13.3. The molecule has 8 rings (SSSR count). The molecular formula is C37H24S2. The largest absolute Gasteiger partial charge is 0.0894 e. The molecule has 0 aromatic heterocycles. The summed E-state index contributed by atoms with van der Waals surface area (Å²) < 4.78 is 0. The van der Waals surface area contributed by atoms with E-state index in [0.29, 0.717) is 0 Å². The minimum Gasteiger partial charge on any atom is -0.0894 e. The van der Waals surface area contributed by atoms with Crippen LogP contribution in [0.3, 0.4) is 0 Å². The van der Waals surface area contributed by atoms with Crippen LogP contribution in [0.25, 0.3) is 22.3 Å². The molecule has 2 heteroatoms. The Morgan fingerprint density at radius 2 is 0.897 bits per heavy atom. The van der Waals surface area contributed by atoms with E-state index in [9.17, 15) is 0 Å². The summed E-state index contributed by atoms with van der Waals surface area (Å²) in [5.41, 5.74) is 10.1. The van der Waals surface area contributed by atoms with E-state index in [1.165, 1.54) is 64.1 Å². The Bertz CT molecular complexity index is 1840. The Labute approximate surface area is 237 Å². The quantitative estimate of drug-likeness (QED) is 0.217. The van der Waals surface area contributed by atoms with Crippen molar-refractivity contribution < 1.29 is 0 Å². The molecule has 0 bridgehead atoms. The highest BCUT2D eigenvalue weighted by atomic mass is 32.2. The van der Waals surface area contributed by atoms with Crippen LogP contribution in [0.1, 0.15) is 22.3 Å². The van der Waals surface area contributed by atoms with Gasteiger partial charge in [-0.25, -0.2) is 0 Å². The number of hydrogen-bond acceptors (Lipinski definition) is 2. The molecule has 6 aromatic rings. The molecule has 0 aliphatic carbocycles. The van der Waals surface area contributed by atoms with E-state index < -0.39 is 5.41 Å². The summed E-state index contributed by atoms with van der Waals surface area (Å²) in [7, 11) is 0. The number of benzene rings is 6. The van der Waals surface area contributed by atoms with Gasteiger partial charge in [0.1, 0.15) is 0 Å². The standard InChI is InChI=1S/C37H24S2/c1-3-12-25(13-4-1)27-22-23-31-35(24-27)39-33-20-10-8-18-30(33)37(31)29-17-7-9-19-32(29)38-34-21-11-16-28(36(34)37)26-14-5-2-6-15-26/h1-24H. The van der Waals surface area contributed by atoms with E-state index in [1.807, 2.05) is 23.5 Å². The van der Waals surface area contributed by atoms with Gasteiger partial charge in [-0.15, -0.1) is 0 Å². The molecule has 0 saturated heterocycles. The van der Waals surface area contributed by atoms with E-state index in [-0.39, 0.29) is 0 Å². The van der Waals surface area contributed by atoms with Crippen molar-refractivity contribution in [3.05, 3.63) is 168 Å². The van der Waals surface area contributed by atoms with Crippen LogP contribution in [-0.4, -0.2) is 0 Å². The minimum atomic E-state index is -0.421. The molecule has 1 unspecified atom stereocenters. The number of fused-ring (bicyclic) bond motifs is 8. The smallest absolute Gasteiger partial charge is 0.0751 e. The van der Waals surface area contributed by atoms with E-state index in [0.717, 1.165) is 0 Å². The summed E-state index contributed by atoms with van der Waals surface area (Å²) in [6, 6.07) is 53.7. The second kappa shape index (κ2) is 9.05. The maximum absolute atomic E-state index is 2.40. The van der Waals surface area contributed by atoms with Crippen LogP contribution < -0.4 is 0 Å². The van der Waals surface area contributed by atoms with Gasteiger partial charge in [0.15, 0.2) is 0 Å². The summed E-state index contributed by atoms with van der Waals surface area (Å²) in [5, 5.41) is 0. The molecule has 39 heavy (non-hydrogen) atoms. The van der Waals surface area contributed by atoms with Crippen LogP contribution in [0, 0.1) is 0 Å². The molecule has 0 nitrogen and oxygen atoms in total. The lowest BCUT2D eigenvalue weighted by molar-refractivity contribution is 0.669. The van der Waals surface area contributed by atoms with Gasteiger partial charge in [-0.1, -0.05) is 145 Å². The fourth-order valence-electron chi connectivity index (χ4n) is 6.40. The predicted octanol–water partition coefficient (Wildman–Crippen LogP) is 10.3. The number of rotatable bonds is 2. The maximum Gasteiger partial charge on any atom is 0.0751 e. The van der Waals surface area contributed by atoms with E-state index in [2.05, 4.69) is 146 Å². The van der Waals surface area contributed by atoms with Gasteiger partial charge in [0, 0.05) is 19.6 Å². The molecule has 2 aliphatic rings. The Morgan fingerprint density at radius 3 is 1.59 bits per heavy atom. The van der Waals surface area contributed by atoms with E-state index in [4.69, 9.17) is 0 Å². The van der Waals surface area contributed by atoms with Gasteiger partial charge in [-0.2, -0.15) is 0 Å². The van der Waals surface area contributed by atoms with Gasteiger partial charge < -0.3 is 0 Å². The van der Waals surface area contributed by atoms with Crippen molar-refractivity contribution in [3.8, 4) is 22.3 Å². The van der Waals surface area contributed by atoms with Crippen LogP contribution in [0.5, 0.6) is 0 Å². The highest BCUT2D eigenvalue weighted by Crippen LogP contribution is 2.63. The zero-order valence-electron chi connectivity index (χ0n) is 21.2. The topological polar surface area (TPSA) is 0 Å². The molecule has 0 radical (unpaired) electrons. The molecule has 0 N–H and O–H groups in total. The zero-order valence-corrected chi connectivity index (χ0v) is 22.8. The molecule has 0 fully saturated rings. The van der Waals surface area contributed by atoms with Crippen molar-refractivity contribution in [1.82, 2.24) is 0 Å². The van der Waals surface area contributed by atoms with Crippen molar-refractivity contribution in [1.29, 1.82) is 0 Å². The summed E-state index contributed by atoms with van der Waals surface area (Å²) in [5.74, 6) is 0. The van der Waals surface area contributed by atoms with Gasteiger partial charge in [0.05, 0.1) is 5.41 Å². The van der Waals surface area contributed by atoms with Crippen molar-refractivity contribution >= 4 is 23.5 Å². The fraction of sp³-hybridized carbons (Fsp3) is 0.0270. The summed E-state index contributed by atoms with van der Waals surface area (Å²) in [4.78, 5) is 5.31. The Balaban J connectivity index is 1.52. The third kappa shape index (κ3) is 3.42. The van der Waals surface area contributed by atoms with Gasteiger partial charge in [0.25, 0.3) is 0 Å². The summed E-state index contributed by atoms with van der Waals surface area (Å²) >= 11 is 3.80. The number of hydrogen-bond donors (Lipinski definition) is 0. The molecule has 2 heterocycles. The van der Waals surface area contributed by atoms with Crippen LogP contribution in [0.4, 0.5) is 0 Å². The van der Waals surface area contributed by atoms with Crippen LogP contribution in [0.15, 0.2) is 165 Å². The van der Waals surface area contributed by atoms with E-state index in [1.54, 1.807) is 0 Å². The van der Waals surface area contributed by atoms with Crippen molar-refractivity contribution in [2.75, 3.05) is 0 Å². The van der Waals surface area contributed by atoms with Crippen LogP contribution in [-0.2, 0) is 5.41 Å². The maximum atomic E-state index is 2.40. The lowest BCUT2D eigenvalue weighted by Gasteiger charge is -2.46. The first-order valence-corrected chi connectivity index (χ1v) is 14.9. The second-order valence-electron chi connectivity index (χ2n) is 10.1. The first-order chi connectivity index (χ1) is 19.3. The van der Waals surface area contributed by atoms with Crippen LogP contribution >= 0.6 is 23.5 Å². The SMILES string of the molecule is c1ccc(-c2ccc3c(c2)Sc2ccccc2C32c3ccccc3Sc3cccc(-c4ccccc4)c32)cc1. The molecule has 0 saturated carbocycles. The first kappa shape index (κ1) is 23.0. The Hall–Kier alpha value is -3.98. The molecule has 6 aromatic carbocycles. The van der Waals surface area contributed by atoms with Crippen molar-refractivity contribution in [2.45, 2.75) is 25.0 Å². The Kier molecular flexibility index (Phi) is 5.33. The van der Waals surface area contributed by atoms with Gasteiger partial charge >= 0.3 is 0 Å². The fourth-order valence-corrected chi connectivity index (χ4v) is 8.85. The Morgan fingerprint density at radius 1 is 0.359 bits per heavy atom. The van der Waals surface area contributed by atoms with Gasteiger partial charge in [-0.3, -0.25) is 0 Å². The van der Waals surface area contributed by atoms with Crippen molar-refractivity contribution in [3.63, 3.8) is 0 Å². The van der Waals surface area contributed by atoms with Crippen molar-refractivity contribution in [2.24, 2.45) is 0 Å². The highest BCUT2D eigenvalue weighted by Gasteiger charge is 2.49. The third-order valence-corrected chi connectivity index (χ3v) is 10.3. The minimum absolute atomic E-state index is 0.421. The average Bonchev–Trinajstić information content (AvgIpc) is 3.01. The normalized spacial score (nSPS) is 16.6. The molecular weight excluding hydrogens is 509 g/mol. The monoisotopic (exact) mass is 532 g/mol. The second-order valence-corrected chi connectivity index (χ2v) is 12.2. The summed E-state index contributed by atoms with van der Waals surface area (Å²) in [6.07, 6.45) is 0. The molecule has 184 valence electrons. The molecule has 1 spiro atoms. The van der Waals surface area contributed by atoms with Gasteiger partial charge in [0.2, 0.25) is 0 Å². The third-order valence-electron chi connectivity index (χ3n) is 8.00. The molecule has 2 aliphatic heterocycles. The lowest BCUT2D eigenvalue weighted by atomic mass is 9.62. The lowest BCUT2D eigenvalue weighted by Crippen LogP contribution is -2.37. The summed E-state index contributed by atoms with van der Waals surface area (Å²) in [6.45, 7) is 0. The highest BCUT2D eigenvalue weighted by molar-refractivity contribution is 8.00. The van der Waals surface area contributed by atoms with Crippen LogP contribution in [0.2, 0.25) is 0 Å².